The molecule has 1 saturated heterocycles. The molecule has 0 aromatic carbocycles. The molecule has 0 radical (unpaired) electrons. The Morgan fingerprint density at radius 1 is 1.32 bits per heavy atom. The summed E-state index contributed by atoms with van der Waals surface area (Å²) in [5, 5.41) is 7.92. The fourth-order valence-corrected chi connectivity index (χ4v) is 3.74. The van der Waals surface area contributed by atoms with E-state index in [1.807, 2.05) is 6.92 Å². The number of nitrogens with zero attached hydrogens (tertiary/aromatic N) is 5. The largest absolute Gasteiger partial charge is 0.472 e. The van der Waals surface area contributed by atoms with Gasteiger partial charge in [0.25, 0.3) is 10.0 Å². The quantitative estimate of drug-likeness (QED) is 0.807. The van der Waals surface area contributed by atoms with Crippen LogP contribution in [0.25, 0.3) is 0 Å². The number of hydrogen-bond donors (Lipinski definition) is 0. The summed E-state index contributed by atoms with van der Waals surface area (Å²) < 4.78 is 33.6. The van der Waals surface area contributed by atoms with Crippen LogP contribution >= 0.6 is 0 Å². The number of sulfonamides is 1. The van der Waals surface area contributed by atoms with Crippen molar-refractivity contribution in [3.63, 3.8) is 0 Å². The number of ether oxygens (including phenoxy) is 1. The van der Waals surface area contributed by atoms with Crippen molar-refractivity contribution in [2.75, 3.05) is 13.1 Å². The van der Waals surface area contributed by atoms with Crippen molar-refractivity contribution in [3.8, 4) is 5.88 Å². The van der Waals surface area contributed by atoms with E-state index in [-0.39, 0.29) is 17.7 Å². The van der Waals surface area contributed by atoms with Crippen molar-refractivity contribution in [1.82, 2.24) is 24.1 Å². The van der Waals surface area contributed by atoms with Crippen molar-refractivity contribution in [1.29, 1.82) is 0 Å². The highest BCUT2D eigenvalue weighted by Gasteiger charge is 2.35. The Morgan fingerprint density at radius 2 is 2.14 bits per heavy atom. The lowest BCUT2D eigenvalue weighted by Crippen LogP contribution is -2.31. The van der Waals surface area contributed by atoms with Crippen LogP contribution in [0.2, 0.25) is 0 Å². The van der Waals surface area contributed by atoms with E-state index in [0.717, 1.165) is 5.69 Å². The average Bonchev–Trinajstić information content (AvgIpc) is 3.11. The van der Waals surface area contributed by atoms with E-state index in [1.54, 1.807) is 23.7 Å². The second kappa shape index (κ2) is 5.65. The van der Waals surface area contributed by atoms with Gasteiger partial charge < -0.3 is 9.30 Å². The number of hydrogen-bond acceptors (Lipinski definition) is 6. The number of aryl methyl sites for hydroxylation is 2. The Balaban J connectivity index is 1.68. The zero-order valence-electron chi connectivity index (χ0n) is 12.4. The van der Waals surface area contributed by atoms with Crippen molar-refractivity contribution >= 4 is 10.0 Å². The zero-order valence-corrected chi connectivity index (χ0v) is 13.2. The molecule has 0 bridgehead atoms. The maximum atomic E-state index is 12.5. The fraction of sp³-hybridized carbons (Fsp3) is 0.462. The third-order valence-electron chi connectivity index (χ3n) is 3.45. The molecule has 0 N–H and O–H groups in total. The van der Waals surface area contributed by atoms with Crippen LogP contribution in [0.5, 0.6) is 5.88 Å². The molecule has 3 heterocycles. The Morgan fingerprint density at radius 3 is 2.77 bits per heavy atom. The zero-order chi connectivity index (χ0) is 15.7. The van der Waals surface area contributed by atoms with Gasteiger partial charge in [-0.3, -0.25) is 0 Å². The molecule has 1 unspecified atom stereocenters. The minimum absolute atomic E-state index is 0.0609. The van der Waals surface area contributed by atoms with Crippen LogP contribution in [-0.4, -0.2) is 51.7 Å². The molecule has 3 rings (SSSR count). The molecule has 8 nitrogen and oxygen atoms in total. The summed E-state index contributed by atoms with van der Waals surface area (Å²) in [7, 11) is -1.83. The summed E-state index contributed by atoms with van der Waals surface area (Å²) >= 11 is 0. The van der Waals surface area contributed by atoms with Crippen LogP contribution < -0.4 is 4.74 Å². The fourth-order valence-electron chi connectivity index (χ4n) is 2.29. The predicted octanol–water partition coefficient (Wildman–Crippen LogP) is 0.361. The topological polar surface area (TPSA) is 90.2 Å². The van der Waals surface area contributed by atoms with E-state index in [2.05, 4.69) is 15.2 Å². The van der Waals surface area contributed by atoms with Gasteiger partial charge in [0.1, 0.15) is 6.10 Å². The van der Waals surface area contributed by atoms with Gasteiger partial charge in [0.15, 0.2) is 5.03 Å². The van der Waals surface area contributed by atoms with E-state index in [1.165, 1.54) is 16.8 Å². The summed E-state index contributed by atoms with van der Waals surface area (Å²) in [6.07, 6.45) is 3.35. The second-order valence-electron chi connectivity index (χ2n) is 5.28. The van der Waals surface area contributed by atoms with E-state index >= 15 is 0 Å². The SMILES string of the molecule is Cc1ccc(OC2CCN(S(=O)(=O)c3cn(C)cn3)C2)nn1. The third-order valence-corrected chi connectivity index (χ3v) is 5.20. The monoisotopic (exact) mass is 323 g/mol. The molecular weight excluding hydrogens is 306 g/mol. The molecule has 1 fully saturated rings. The molecule has 118 valence electrons. The molecular formula is C13H17N5O3S. The second-order valence-corrected chi connectivity index (χ2v) is 7.17. The standard InChI is InChI=1S/C13H17N5O3S/c1-10-3-4-12(16-15-10)21-11-5-6-18(7-11)22(19,20)13-8-17(2)9-14-13/h3-4,8-9,11H,5-7H2,1-2H3. The normalized spacial score (nSPS) is 19.5. The van der Waals surface area contributed by atoms with Gasteiger partial charge in [0, 0.05) is 25.9 Å². The molecule has 9 heteroatoms. The van der Waals surface area contributed by atoms with E-state index in [9.17, 15) is 8.42 Å². The first-order valence-electron chi connectivity index (χ1n) is 6.90. The highest BCUT2D eigenvalue weighted by molar-refractivity contribution is 7.89. The van der Waals surface area contributed by atoms with Gasteiger partial charge in [0.05, 0.1) is 18.6 Å². The third kappa shape index (κ3) is 2.95. The number of imidazole rings is 1. The summed E-state index contributed by atoms with van der Waals surface area (Å²) in [6, 6.07) is 3.54. The molecule has 2 aromatic heterocycles. The number of rotatable bonds is 4. The first-order valence-corrected chi connectivity index (χ1v) is 8.34. The molecule has 1 atom stereocenters. The lowest BCUT2D eigenvalue weighted by molar-refractivity contribution is 0.204. The van der Waals surface area contributed by atoms with Crippen LogP contribution in [0, 0.1) is 6.92 Å². The highest BCUT2D eigenvalue weighted by atomic mass is 32.2. The van der Waals surface area contributed by atoms with Crippen molar-refractivity contribution in [3.05, 3.63) is 30.4 Å². The molecule has 22 heavy (non-hydrogen) atoms. The molecule has 0 amide bonds. The average molecular weight is 323 g/mol. The van der Waals surface area contributed by atoms with Gasteiger partial charge in [-0.15, -0.1) is 5.10 Å². The van der Waals surface area contributed by atoms with Crippen LogP contribution in [-0.2, 0) is 17.1 Å². The molecule has 0 saturated carbocycles. The first kappa shape index (κ1) is 14.9. The van der Waals surface area contributed by atoms with Gasteiger partial charge in [-0.2, -0.15) is 9.40 Å². The molecule has 2 aromatic rings. The Labute approximate surface area is 128 Å². The van der Waals surface area contributed by atoms with E-state index in [0.29, 0.717) is 18.8 Å². The predicted molar refractivity (Wildman–Crippen MR) is 77.8 cm³/mol. The van der Waals surface area contributed by atoms with Crippen molar-refractivity contribution in [2.24, 2.45) is 7.05 Å². The van der Waals surface area contributed by atoms with Gasteiger partial charge in [0.2, 0.25) is 5.88 Å². The Bertz CT molecular complexity index is 756. The smallest absolute Gasteiger partial charge is 0.262 e. The molecule has 0 spiro atoms. The van der Waals surface area contributed by atoms with E-state index < -0.39 is 10.0 Å². The summed E-state index contributed by atoms with van der Waals surface area (Å²) in [4.78, 5) is 3.92. The maximum Gasteiger partial charge on any atom is 0.262 e. The highest BCUT2D eigenvalue weighted by Crippen LogP contribution is 2.22. The maximum absolute atomic E-state index is 12.5. The Hall–Kier alpha value is -2.00. The number of aromatic nitrogens is 4. The van der Waals surface area contributed by atoms with Crippen molar-refractivity contribution in [2.45, 2.75) is 24.5 Å². The van der Waals surface area contributed by atoms with Gasteiger partial charge in [-0.1, -0.05) is 0 Å². The van der Waals surface area contributed by atoms with Gasteiger partial charge in [-0.25, -0.2) is 13.4 Å². The molecule has 0 aliphatic carbocycles. The lowest BCUT2D eigenvalue weighted by atomic mass is 10.3. The van der Waals surface area contributed by atoms with Crippen LogP contribution in [0.15, 0.2) is 29.7 Å². The molecule has 1 aliphatic heterocycles. The first-order chi connectivity index (χ1) is 10.4. The van der Waals surface area contributed by atoms with Crippen LogP contribution in [0.1, 0.15) is 12.1 Å². The van der Waals surface area contributed by atoms with Gasteiger partial charge in [-0.05, 0) is 19.4 Å². The molecule has 1 aliphatic rings. The van der Waals surface area contributed by atoms with Crippen LogP contribution in [0.3, 0.4) is 0 Å². The minimum atomic E-state index is -3.56. The summed E-state index contributed by atoms with van der Waals surface area (Å²) in [6.45, 7) is 2.53. The van der Waals surface area contributed by atoms with Crippen molar-refractivity contribution < 1.29 is 13.2 Å². The van der Waals surface area contributed by atoms with Gasteiger partial charge >= 0.3 is 0 Å². The van der Waals surface area contributed by atoms with Crippen LogP contribution in [0.4, 0.5) is 0 Å². The summed E-state index contributed by atoms with van der Waals surface area (Å²) in [5.74, 6) is 0.410. The van der Waals surface area contributed by atoms with E-state index in [4.69, 9.17) is 4.74 Å². The summed E-state index contributed by atoms with van der Waals surface area (Å²) in [5.41, 5.74) is 0.804. The lowest BCUT2D eigenvalue weighted by Gasteiger charge is -2.15. The Kier molecular flexibility index (Phi) is 3.83. The minimum Gasteiger partial charge on any atom is -0.472 e.